The minimum absolute atomic E-state index is 0.155. The Hall–Kier alpha value is -2.04. The van der Waals surface area contributed by atoms with Gasteiger partial charge in [0.15, 0.2) is 5.84 Å². The summed E-state index contributed by atoms with van der Waals surface area (Å²) in [5.74, 6) is 1.17. The van der Waals surface area contributed by atoms with E-state index in [1.54, 1.807) is 0 Å². The first kappa shape index (κ1) is 12.4. The largest absolute Gasteiger partial charge is 0.409 e. The van der Waals surface area contributed by atoms with Crippen LogP contribution in [0.4, 0.5) is 0 Å². The second-order valence-corrected chi connectivity index (χ2v) is 4.19. The van der Waals surface area contributed by atoms with Crippen LogP contribution in [0.5, 0.6) is 0 Å². The highest BCUT2D eigenvalue weighted by Gasteiger charge is 2.20. The molecule has 5 heteroatoms. The van der Waals surface area contributed by atoms with Crippen LogP contribution in [0.1, 0.15) is 32.1 Å². The highest BCUT2D eigenvalue weighted by molar-refractivity contribution is 5.86. The fraction of sp³-hybridized carbons (Fsp3) is 0.385. The van der Waals surface area contributed by atoms with Crippen LogP contribution in [0.2, 0.25) is 0 Å². The molecule has 0 amide bonds. The number of nitrogens with zero attached hydrogens (tertiary/aromatic N) is 3. The van der Waals surface area contributed by atoms with Crippen LogP contribution in [0, 0.1) is 0 Å². The van der Waals surface area contributed by atoms with Crippen molar-refractivity contribution in [3.8, 4) is 0 Å². The molecule has 18 heavy (non-hydrogen) atoms. The molecule has 1 aromatic carbocycles. The number of imidazole rings is 1. The van der Waals surface area contributed by atoms with Crippen LogP contribution in [-0.4, -0.2) is 20.6 Å². The first-order chi connectivity index (χ1) is 8.72. The molecule has 0 fully saturated rings. The number of para-hydroxylation sites is 2. The van der Waals surface area contributed by atoms with Crippen LogP contribution in [-0.2, 0) is 6.42 Å². The summed E-state index contributed by atoms with van der Waals surface area (Å²) in [7, 11) is 0. The first-order valence-electron chi connectivity index (χ1n) is 6.16. The number of fused-ring (bicyclic) bond motifs is 1. The molecule has 2 aromatic rings. The fourth-order valence-corrected chi connectivity index (χ4v) is 2.28. The summed E-state index contributed by atoms with van der Waals surface area (Å²) < 4.78 is 2.06. The number of hydrogen-bond acceptors (Lipinski definition) is 3. The Kier molecular flexibility index (Phi) is 3.50. The lowest BCUT2D eigenvalue weighted by atomic mass is 10.2. The Balaban J connectivity index is 2.67. The van der Waals surface area contributed by atoms with E-state index in [4.69, 9.17) is 10.9 Å². The molecule has 0 saturated heterocycles. The van der Waals surface area contributed by atoms with Crippen molar-refractivity contribution in [3.63, 3.8) is 0 Å². The second-order valence-electron chi connectivity index (χ2n) is 4.19. The van der Waals surface area contributed by atoms with Gasteiger partial charge >= 0.3 is 0 Å². The third kappa shape index (κ3) is 1.92. The molecule has 0 bridgehead atoms. The summed E-state index contributed by atoms with van der Waals surface area (Å²) >= 11 is 0. The molecule has 1 heterocycles. The average molecular weight is 246 g/mol. The third-order valence-electron chi connectivity index (χ3n) is 3.14. The van der Waals surface area contributed by atoms with Crippen molar-refractivity contribution in [2.45, 2.75) is 32.7 Å². The van der Waals surface area contributed by atoms with Crippen molar-refractivity contribution in [1.82, 2.24) is 9.55 Å². The van der Waals surface area contributed by atoms with Crippen molar-refractivity contribution in [2.24, 2.45) is 10.9 Å². The maximum absolute atomic E-state index is 8.90. The van der Waals surface area contributed by atoms with Gasteiger partial charge in [0, 0.05) is 6.42 Å². The lowest BCUT2D eigenvalue weighted by Gasteiger charge is -2.18. The van der Waals surface area contributed by atoms with Crippen molar-refractivity contribution in [1.29, 1.82) is 0 Å². The van der Waals surface area contributed by atoms with E-state index in [1.165, 1.54) is 0 Å². The lowest BCUT2D eigenvalue weighted by Crippen LogP contribution is -2.27. The van der Waals surface area contributed by atoms with Gasteiger partial charge in [-0.2, -0.15) is 0 Å². The summed E-state index contributed by atoms with van der Waals surface area (Å²) in [4.78, 5) is 4.59. The second kappa shape index (κ2) is 5.08. The Morgan fingerprint density at radius 3 is 2.78 bits per heavy atom. The molecule has 0 spiro atoms. The molecule has 0 aliphatic carbocycles. The highest BCUT2D eigenvalue weighted by atomic mass is 16.4. The van der Waals surface area contributed by atoms with Gasteiger partial charge in [-0.05, 0) is 18.6 Å². The van der Waals surface area contributed by atoms with Crippen LogP contribution in [0.3, 0.4) is 0 Å². The van der Waals surface area contributed by atoms with Gasteiger partial charge in [0.1, 0.15) is 5.82 Å². The number of amidine groups is 1. The van der Waals surface area contributed by atoms with E-state index < -0.39 is 0 Å². The zero-order valence-corrected chi connectivity index (χ0v) is 10.7. The van der Waals surface area contributed by atoms with Crippen LogP contribution >= 0.6 is 0 Å². The van der Waals surface area contributed by atoms with E-state index in [1.807, 2.05) is 31.2 Å². The predicted octanol–water partition coefficient (Wildman–Crippen LogP) is 2.30. The topological polar surface area (TPSA) is 76.4 Å². The summed E-state index contributed by atoms with van der Waals surface area (Å²) in [5, 5.41) is 12.0. The van der Waals surface area contributed by atoms with Gasteiger partial charge in [0.2, 0.25) is 0 Å². The van der Waals surface area contributed by atoms with Gasteiger partial charge in [0.25, 0.3) is 0 Å². The van der Waals surface area contributed by atoms with Crippen LogP contribution in [0.15, 0.2) is 29.4 Å². The molecule has 2 rings (SSSR count). The molecule has 0 aliphatic heterocycles. The molecule has 96 valence electrons. The quantitative estimate of drug-likeness (QED) is 0.376. The van der Waals surface area contributed by atoms with Crippen molar-refractivity contribution < 1.29 is 5.21 Å². The van der Waals surface area contributed by atoms with Crippen molar-refractivity contribution in [2.75, 3.05) is 0 Å². The SMILES string of the molecule is CCc1nc2ccccc2n1C(CC)C(N)=NO. The minimum Gasteiger partial charge on any atom is -0.409 e. The Bertz CT molecular complexity index is 573. The Labute approximate surface area is 106 Å². The standard InChI is InChI=1S/C13H18N4O/c1-3-10(13(14)16-18)17-11-8-6-5-7-9(11)15-12(17)4-2/h5-8,10,18H,3-4H2,1-2H3,(H2,14,16). The maximum atomic E-state index is 8.90. The van der Waals surface area contributed by atoms with Gasteiger partial charge in [-0.1, -0.05) is 31.1 Å². The molecule has 1 atom stereocenters. The molecule has 0 saturated carbocycles. The van der Waals surface area contributed by atoms with Crippen molar-refractivity contribution in [3.05, 3.63) is 30.1 Å². The first-order valence-corrected chi connectivity index (χ1v) is 6.16. The smallest absolute Gasteiger partial charge is 0.162 e. The Morgan fingerprint density at radius 1 is 1.44 bits per heavy atom. The van der Waals surface area contributed by atoms with Gasteiger partial charge in [0.05, 0.1) is 17.1 Å². The maximum Gasteiger partial charge on any atom is 0.162 e. The molecular weight excluding hydrogens is 228 g/mol. The molecule has 3 N–H and O–H groups in total. The average Bonchev–Trinajstić information content (AvgIpc) is 2.78. The number of nitrogens with two attached hydrogens (primary N) is 1. The molecule has 1 unspecified atom stereocenters. The van der Waals surface area contributed by atoms with E-state index in [9.17, 15) is 0 Å². The normalized spacial score (nSPS) is 14.0. The number of benzene rings is 1. The van der Waals surface area contributed by atoms with Gasteiger partial charge < -0.3 is 15.5 Å². The zero-order chi connectivity index (χ0) is 13.1. The summed E-state index contributed by atoms with van der Waals surface area (Å²) in [6, 6.07) is 7.76. The van der Waals surface area contributed by atoms with E-state index in [0.29, 0.717) is 0 Å². The monoisotopic (exact) mass is 246 g/mol. The van der Waals surface area contributed by atoms with Gasteiger partial charge in [-0.25, -0.2) is 4.98 Å². The van der Waals surface area contributed by atoms with E-state index in [-0.39, 0.29) is 11.9 Å². The Morgan fingerprint density at radius 2 is 2.17 bits per heavy atom. The predicted molar refractivity (Wildman–Crippen MR) is 71.8 cm³/mol. The summed E-state index contributed by atoms with van der Waals surface area (Å²) in [6.07, 6.45) is 1.56. The molecular formula is C13H18N4O. The van der Waals surface area contributed by atoms with E-state index in [0.717, 1.165) is 29.7 Å². The number of hydrogen-bond donors (Lipinski definition) is 2. The molecule has 1 aromatic heterocycles. The summed E-state index contributed by atoms with van der Waals surface area (Å²) in [5.41, 5.74) is 7.75. The molecule has 5 nitrogen and oxygen atoms in total. The zero-order valence-electron chi connectivity index (χ0n) is 10.7. The van der Waals surface area contributed by atoms with E-state index >= 15 is 0 Å². The summed E-state index contributed by atoms with van der Waals surface area (Å²) in [6.45, 7) is 4.06. The van der Waals surface area contributed by atoms with Gasteiger partial charge in [-0.15, -0.1) is 0 Å². The highest BCUT2D eigenvalue weighted by Crippen LogP contribution is 2.23. The number of rotatable bonds is 4. The minimum atomic E-state index is -0.155. The number of aryl methyl sites for hydroxylation is 1. The van der Waals surface area contributed by atoms with Crippen LogP contribution in [0.25, 0.3) is 11.0 Å². The number of aromatic nitrogens is 2. The van der Waals surface area contributed by atoms with Crippen LogP contribution < -0.4 is 5.73 Å². The number of oxime groups is 1. The fourth-order valence-electron chi connectivity index (χ4n) is 2.28. The van der Waals surface area contributed by atoms with Crippen molar-refractivity contribution >= 4 is 16.9 Å². The lowest BCUT2D eigenvalue weighted by molar-refractivity contribution is 0.313. The molecule has 0 radical (unpaired) electrons. The van der Waals surface area contributed by atoms with E-state index in [2.05, 4.69) is 21.6 Å². The van der Waals surface area contributed by atoms with Gasteiger partial charge in [-0.3, -0.25) is 0 Å². The third-order valence-corrected chi connectivity index (χ3v) is 3.14. The molecule has 0 aliphatic rings.